The maximum Gasteiger partial charge on any atom is 0.353 e. The van der Waals surface area contributed by atoms with Gasteiger partial charge in [0.05, 0.1) is 11.1 Å². The van der Waals surface area contributed by atoms with Gasteiger partial charge in [-0.1, -0.05) is 16.7 Å². The van der Waals surface area contributed by atoms with Crippen molar-refractivity contribution in [2.75, 3.05) is 5.75 Å². The zero-order valence-corrected chi connectivity index (χ0v) is 12.3. The van der Waals surface area contributed by atoms with Crippen LogP contribution in [0.2, 0.25) is 0 Å². The van der Waals surface area contributed by atoms with E-state index in [2.05, 4.69) is 9.59 Å². The Morgan fingerprint density at radius 2 is 2.45 bits per heavy atom. The minimum Gasteiger partial charge on any atom is -0.477 e. The summed E-state index contributed by atoms with van der Waals surface area (Å²) in [4.78, 5) is 25.5. The maximum absolute atomic E-state index is 12.1. The lowest BCUT2D eigenvalue weighted by molar-refractivity contribution is -0.150. The Kier molecular flexibility index (Phi) is 3.12. The molecule has 0 bridgehead atoms. The van der Waals surface area contributed by atoms with Gasteiger partial charge in [-0.3, -0.25) is 9.69 Å². The molecule has 0 radical (unpaired) electrons. The molecule has 0 aromatic carbocycles. The van der Waals surface area contributed by atoms with Crippen molar-refractivity contribution in [1.82, 2.24) is 14.5 Å². The quantitative estimate of drug-likeness (QED) is 0.587. The number of fused-ring (bicyclic) bond motifs is 1. The Bertz CT molecular complexity index is 644. The lowest BCUT2D eigenvalue weighted by Gasteiger charge is -2.53. The third kappa shape index (κ3) is 1.65. The SMILES string of the molecule is NC1(C=S)C(=O)N2C(C(=O)O)=C(c3cnns3)CS[C@H]21. The number of nitrogens with zero attached hydrogens (tertiary/aromatic N) is 3. The van der Waals surface area contributed by atoms with Crippen LogP contribution >= 0.6 is 35.5 Å². The van der Waals surface area contributed by atoms with Crippen molar-refractivity contribution in [1.29, 1.82) is 0 Å². The molecule has 0 spiro atoms. The molecule has 1 saturated heterocycles. The Morgan fingerprint density at radius 1 is 1.70 bits per heavy atom. The zero-order valence-electron chi connectivity index (χ0n) is 9.85. The fourth-order valence-electron chi connectivity index (χ4n) is 2.20. The summed E-state index contributed by atoms with van der Waals surface area (Å²) in [6.07, 6.45) is 1.49. The van der Waals surface area contributed by atoms with E-state index in [1.807, 2.05) is 0 Å². The van der Waals surface area contributed by atoms with E-state index in [4.69, 9.17) is 18.0 Å². The van der Waals surface area contributed by atoms with Crippen LogP contribution in [0.15, 0.2) is 11.9 Å². The maximum atomic E-state index is 12.1. The summed E-state index contributed by atoms with van der Waals surface area (Å²) in [6.45, 7) is 0. The van der Waals surface area contributed by atoms with E-state index in [1.54, 1.807) is 0 Å². The number of carboxylic acids is 1. The normalized spacial score (nSPS) is 28.9. The molecule has 1 aromatic rings. The monoisotopic (exact) mass is 328 g/mol. The average molecular weight is 328 g/mol. The molecule has 0 aliphatic carbocycles. The number of rotatable bonds is 3. The summed E-state index contributed by atoms with van der Waals surface area (Å²) in [7, 11) is 0. The molecule has 1 amide bonds. The highest BCUT2D eigenvalue weighted by molar-refractivity contribution is 8.00. The van der Waals surface area contributed by atoms with Crippen LogP contribution in [0.25, 0.3) is 5.57 Å². The number of carbonyl (C=O) groups excluding carboxylic acids is 1. The minimum atomic E-state index is -1.27. The van der Waals surface area contributed by atoms with Crippen LogP contribution in [0.4, 0.5) is 0 Å². The molecule has 3 N–H and O–H groups in total. The topological polar surface area (TPSA) is 109 Å². The van der Waals surface area contributed by atoms with Crippen LogP contribution in [0.3, 0.4) is 0 Å². The van der Waals surface area contributed by atoms with Crippen LogP contribution in [-0.4, -0.2) is 53.5 Å². The highest BCUT2D eigenvalue weighted by Crippen LogP contribution is 2.46. The number of nitrogens with two attached hydrogens (primary N) is 1. The summed E-state index contributed by atoms with van der Waals surface area (Å²) in [5.74, 6) is -1.24. The van der Waals surface area contributed by atoms with Crippen LogP contribution in [-0.2, 0) is 9.59 Å². The first-order valence-electron chi connectivity index (χ1n) is 5.45. The predicted octanol–water partition coefficient (Wildman–Crippen LogP) is -0.0539. The number of thiocarbonyl (C=S) groups is 1. The van der Waals surface area contributed by atoms with E-state index in [9.17, 15) is 14.7 Å². The molecule has 1 unspecified atom stereocenters. The Labute approximate surface area is 127 Å². The van der Waals surface area contributed by atoms with E-state index in [0.29, 0.717) is 16.2 Å². The van der Waals surface area contributed by atoms with Gasteiger partial charge < -0.3 is 10.8 Å². The van der Waals surface area contributed by atoms with Crippen molar-refractivity contribution in [2.45, 2.75) is 10.9 Å². The summed E-state index contributed by atoms with van der Waals surface area (Å²) in [5.41, 5.74) is 5.13. The zero-order chi connectivity index (χ0) is 14.5. The highest BCUT2D eigenvalue weighted by atomic mass is 32.2. The molecule has 10 heteroatoms. The number of amides is 1. The number of aromatic nitrogens is 2. The number of β-lactam (4-membered cyclic amide) rings is 1. The fourth-order valence-corrected chi connectivity index (χ4v) is 4.58. The molecule has 104 valence electrons. The summed E-state index contributed by atoms with van der Waals surface area (Å²) < 4.78 is 3.72. The van der Waals surface area contributed by atoms with E-state index in [1.165, 1.54) is 28.2 Å². The molecule has 0 saturated carbocycles. The third-order valence-corrected chi connectivity index (χ3v) is 5.69. The number of hydrogen-bond acceptors (Lipinski definition) is 8. The Morgan fingerprint density at radius 3 is 3.00 bits per heavy atom. The molecular formula is C10H8N4O3S3. The van der Waals surface area contributed by atoms with Gasteiger partial charge in [0.1, 0.15) is 11.1 Å². The first-order chi connectivity index (χ1) is 9.50. The molecular weight excluding hydrogens is 320 g/mol. The Balaban J connectivity index is 2.10. The van der Waals surface area contributed by atoms with Crippen molar-refractivity contribution < 1.29 is 14.7 Å². The second-order valence-corrected chi connectivity index (χ2v) is 6.39. The van der Waals surface area contributed by atoms with Gasteiger partial charge in [0.25, 0.3) is 5.91 Å². The molecule has 1 aromatic heterocycles. The van der Waals surface area contributed by atoms with Crippen LogP contribution < -0.4 is 5.73 Å². The van der Waals surface area contributed by atoms with Crippen molar-refractivity contribution in [3.8, 4) is 0 Å². The Hall–Kier alpha value is -1.36. The van der Waals surface area contributed by atoms with Crippen molar-refractivity contribution >= 4 is 58.3 Å². The smallest absolute Gasteiger partial charge is 0.353 e. The van der Waals surface area contributed by atoms with Gasteiger partial charge in [-0.15, -0.1) is 16.9 Å². The first kappa shape index (κ1) is 13.6. The second kappa shape index (κ2) is 4.58. The number of hydrogen-bond donors (Lipinski definition) is 2. The van der Waals surface area contributed by atoms with Crippen LogP contribution in [0.1, 0.15) is 4.88 Å². The molecule has 7 nitrogen and oxygen atoms in total. The van der Waals surface area contributed by atoms with Gasteiger partial charge in [0, 0.05) is 16.7 Å². The second-order valence-electron chi connectivity index (χ2n) is 4.30. The van der Waals surface area contributed by atoms with Gasteiger partial charge in [-0.25, -0.2) is 4.79 Å². The number of carbonyl (C=O) groups is 2. The van der Waals surface area contributed by atoms with E-state index in [0.717, 1.165) is 11.5 Å². The molecule has 2 aliphatic rings. The van der Waals surface area contributed by atoms with Gasteiger partial charge in [-0.2, -0.15) is 0 Å². The van der Waals surface area contributed by atoms with Gasteiger partial charge in [-0.05, 0) is 11.5 Å². The minimum absolute atomic E-state index is 0.0530. The van der Waals surface area contributed by atoms with Crippen molar-refractivity contribution in [3.63, 3.8) is 0 Å². The number of carboxylic acid groups (broad SMARTS) is 1. The standard InChI is InChI=1S/C10H8N4O3S3/c11-10(3-18)8(17)14-6(7(15)16)4(2-19-9(10)14)5-1-12-13-20-5/h1,3,9H,2,11H2,(H,15,16)/t9-,10?/m0/s1. The van der Waals surface area contributed by atoms with Gasteiger partial charge >= 0.3 is 5.97 Å². The molecule has 1 fully saturated rings. The van der Waals surface area contributed by atoms with Crippen molar-refractivity contribution in [2.24, 2.45) is 5.73 Å². The summed E-state index contributed by atoms with van der Waals surface area (Å²) in [6, 6.07) is 0. The van der Waals surface area contributed by atoms with Crippen LogP contribution in [0, 0.1) is 0 Å². The molecule has 3 heterocycles. The number of thioether (sulfide) groups is 1. The van der Waals surface area contributed by atoms with Crippen LogP contribution in [0.5, 0.6) is 0 Å². The number of aliphatic carboxylic acids is 1. The third-order valence-electron chi connectivity index (χ3n) is 3.20. The molecule has 20 heavy (non-hydrogen) atoms. The van der Waals surface area contributed by atoms with E-state index in [-0.39, 0.29) is 5.70 Å². The highest BCUT2D eigenvalue weighted by Gasteiger charge is 2.61. The predicted molar refractivity (Wildman–Crippen MR) is 78.1 cm³/mol. The molecule has 2 aliphatic heterocycles. The molecule has 3 rings (SSSR count). The first-order valence-corrected chi connectivity index (χ1v) is 7.74. The summed E-state index contributed by atoms with van der Waals surface area (Å²) in [5, 5.41) is 13.9. The largest absolute Gasteiger partial charge is 0.477 e. The average Bonchev–Trinajstić information content (AvgIpc) is 2.98. The van der Waals surface area contributed by atoms with Gasteiger partial charge in [0.15, 0.2) is 5.54 Å². The van der Waals surface area contributed by atoms with Gasteiger partial charge in [0.2, 0.25) is 0 Å². The lowest BCUT2D eigenvalue weighted by Crippen LogP contribution is -2.78. The van der Waals surface area contributed by atoms with E-state index >= 15 is 0 Å². The summed E-state index contributed by atoms with van der Waals surface area (Å²) >= 11 is 7.28. The fraction of sp³-hybridized carbons (Fsp3) is 0.300. The van der Waals surface area contributed by atoms with Crippen molar-refractivity contribution in [3.05, 3.63) is 16.8 Å². The molecule has 2 atom stereocenters. The van der Waals surface area contributed by atoms with E-state index < -0.39 is 22.8 Å². The lowest BCUT2D eigenvalue weighted by atomic mass is 9.89.